The van der Waals surface area contributed by atoms with E-state index >= 15 is 0 Å². The Morgan fingerprint density at radius 2 is 2.15 bits per heavy atom. The minimum absolute atomic E-state index is 0.156. The number of carbonyl (C=O) groups is 1. The number of aryl methyl sites for hydroxylation is 1. The van der Waals surface area contributed by atoms with E-state index in [0.717, 1.165) is 11.3 Å². The van der Waals surface area contributed by atoms with Crippen molar-refractivity contribution in [1.29, 1.82) is 0 Å². The molecule has 102 valence electrons. The molecule has 0 atom stereocenters. The Labute approximate surface area is 114 Å². The molecular formula is C13H13N5O2. The molecule has 0 unspecified atom stereocenters. The molecular weight excluding hydrogens is 258 g/mol. The highest BCUT2D eigenvalue weighted by Gasteiger charge is 2.15. The lowest BCUT2D eigenvalue weighted by atomic mass is 10.2. The quantitative estimate of drug-likeness (QED) is 0.780. The Hall–Kier alpha value is -2.70. The Morgan fingerprint density at radius 3 is 2.90 bits per heavy atom. The van der Waals surface area contributed by atoms with Gasteiger partial charge in [-0.1, -0.05) is 6.07 Å². The van der Waals surface area contributed by atoms with Crippen molar-refractivity contribution in [3.8, 4) is 0 Å². The van der Waals surface area contributed by atoms with Crippen LogP contribution in [0.3, 0.4) is 0 Å². The van der Waals surface area contributed by atoms with Gasteiger partial charge in [0.2, 0.25) is 0 Å². The Morgan fingerprint density at radius 1 is 1.35 bits per heavy atom. The van der Waals surface area contributed by atoms with Crippen molar-refractivity contribution in [3.05, 3.63) is 41.5 Å². The normalized spacial score (nSPS) is 10.9. The van der Waals surface area contributed by atoms with E-state index in [1.807, 2.05) is 25.1 Å². The summed E-state index contributed by atoms with van der Waals surface area (Å²) in [5.41, 5.74) is 3.19. The fraction of sp³-hybridized carbons (Fsp3) is 0.231. The summed E-state index contributed by atoms with van der Waals surface area (Å²) in [6.45, 7) is 2.32. The number of imidazole rings is 1. The van der Waals surface area contributed by atoms with Crippen LogP contribution in [0.2, 0.25) is 0 Å². The van der Waals surface area contributed by atoms with Crippen LogP contribution in [0.1, 0.15) is 21.9 Å². The molecule has 2 heterocycles. The maximum atomic E-state index is 12.2. The summed E-state index contributed by atoms with van der Waals surface area (Å²) in [6, 6.07) is 5.56. The van der Waals surface area contributed by atoms with Crippen LogP contribution in [0.4, 0.5) is 0 Å². The summed E-state index contributed by atoms with van der Waals surface area (Å²) in [4.78, 5) is 20.7. The number of benzene rings is 1. The Bertz CT molecular complexity index is 761. The highest BCUT2D eigenvalue weighted by atomic mass is 16.6. The molecule has 3 aromatic rings. The zero-order chi connectivity index (χ0) is 14.1. The molecule has 20 heavy (non-hydrogen) atoms. The number of fused-ring (bicyclic) bond motifs is 1. The summed E-state index contributed by atoms with van der Waals surface area (Å²) in [5.74, 6) is 0.186. The van der Waals surface area contributed by atoms with Crippen molar-refractivity contribution in [2.45, 2.75) is 13.5 Å². The average molecular weight is 271 g/mol. The maximum absolute atomic E-state index is 12.2. The smallest absolute Gasteiger partial charge is 0.289 e. The van der Waals surface area contributed by atoms with Gasteiger partial charge in [0.25, 0.3) is 5.91 Å². The van der Waals surface area contributed by atoms with Crippen LogP contribution < -0.4 is 0 Å². The molecule has 0 saturated carbocycles. The first-order chi connectivity index (χ1) is 9.63. The van der Waals surface area contributed by atoms with Gasteiger partial charge in [-0.15, -0.1) is 0 Å². The predicted molar refractivity (Wildman–Crippen MR) is 70.9 cm³/mol. The molecule has 0 spiro atoms. The number of nitrogens with one attached hydrogen (secondary N) is 1. The lowest BCUT2D eigenvalue weighted by Crippen LogP contribution is -2.27. The number of aromatic nitrogens is 4. The molecule has 7 nitrogen and oxygen atoms in total. The van der Waals surface area contributed by atoms with E-state index in [0.29, 0.717) is 23.4 Å². The molecule has 1 amide bonds. The van der Waals surface area contributed by atoms with E-state index in [1.165, 1.54) is 0 Å². The van der Waals surface area contributed by atoms with E-state index in [9.17, 15) is 4.79 Å². The first-order valence-corrected chi connectivity index (χ1v) is 6.12. The Kier molecular flexibility index (Phi) is 2.94. The summed E-state index contributed by atoms with van der Waals surface area (Å²) in [5, 5.41) is 7.53. The van der Waals surface area contributed by atoms with Crippen molar-refractivity contribution in [3.63, 3.8) is 0 Å². The number of rotatable bonds is 3. The fourth-order valence-corrected chi connectivity index (χ4v) is 1.97. The van der Waals surface area contributed by atoms with Gasteiger partial charge in [-0.2, -0.15) is 0 Å². The summed E-state index contributed by atoms with van der Waals surface area (Å²) >= 11 is 0. The number of aromatic amines is 1. The van der Waals surface area contributed by atoms with Crippen LogP contribution in [0.15, 0.2) is 29.0 Å². The topological polar surface area (TPSA) is 87.9 Å². The Balaban J connectivity index is 1.77. The number of hydrogen-bond donors (Lipinski definition) is 1. The number of hydrogen-bond acceptors (Lipinski definition) is 5. The van der Waals surface area contributed by atoms with Gasteiger partial charge < -0.3 is 9.88 Å². The zero-order valence-electron chi connectivity index (χ0n) is 11.1. The van der Waals surface area contributed by atoms with Crippen LogP contribution in [0.5, 0.6) is 0 Å². The highest BCUT2D eigenvalue weighted by molar-refractivity contribution is 5.90. The molecule has 3 rings (SSSR count). The van der Waals surface area contributed by atoms with Gasteiger partial charge in [-0.25, -0.2) is 9.61 Å². The molecule has 0 saturated heterocycles. The zero-order valence-corrected chi connectivity index (χ0v) is 11.1. The van der Waals surface area contributed by atoms with Crippen LogP contribution in [-0.4, -0.2) is 38.1 Å². The molecule has 2 aromatic heterocycles. The summed E-state index contributed by atoms with van der Waals surface area (Å²) in [6.07, 6.45) is 1.63. The van der Waals surface area contributed by atoms with Crippen molar-refractivity contribution in [2.75, 3.05) is 7.05 Å². The summed E-state index contributed by atoms with van der Waals surface area (Å²) < 4.78 is 4.65. The van der Waals surface area contributed by atoms with E-state index in [4.69, 9.17) is 0 Å². The van der Waals surface area contributed by atoms with E-state index in [1.54, 1.807) is 18.1 Å². The van der Waals surface area contributed by atoms with E-state index in [-0.39, 0.29) is 5.91 Å². The number of carbonyl (C=O) groups excluding carboxylic acids is 1. The van der Waals surface area contributed by atoms with Crippen molar-refractivity contribution in [2.24, 2.45) is 0 Å². The lowest BCUT2D eigenvalue weighted by Gasteiger charge is -2.15. The van der Waals surface area contributed by atoms with Crippen LogP contribution >= 0.6 is 0 Å². The largest absolute Gasteiger partial charge is 0.338 e. The number of nitrogens with zero attached hydrogens (tertiary/aromatic N) is 4. The molecule has 0 bridgehead atoms. The second kappa shape index (κ2) is 4.76. The van der Waals surface area contributed by atoms with Gasteiger partial charge in [-0.3, -0.25) is 4.79 Å². The fourth-order valence-electron chi connectivity index (χ4n) is 1.97. The lowest BCUT2D eigenvalue weighted by molar-refractivity contribution is 0.0774. The standard InChI is InChI=1S/C13H13N5O2/c1-8-6-14-12(15-8)13(19)18(2)7-9-3-4-10-11(5-9)17-20-16-10/h3-6H,7H2,1-2H3,(H,14,15). The first-order valence-electron chi connectivity index (χ1n) is 6.12. The molecule has 1 aromatic carbocycles. The molecule has 0 fully saturated rings. The molecule has 1 N–H and O–H groups in total. The predicted octanol–water partition coefficient (Wildman–Crippen LogP) is 1.53. The van der Waals surface area contributed by atoms with Gasteiger partial charge in [-0.05, 0) is 34.9 Å². The van der Waals surface area contributed by atoms with Crippen molar-refractivity contribution >= 4 is 16.9 Å². The molecule has 7 heteroatoms. The third-order valence-corrected chi connectivity index (χ3v) is 2.99. The molecule has 0 aliphatic rings. The SMILES string of the molecule is Cc1cnc(C(=O)N(C)Cc2ccc3nonc3c2)[nH]1. The van der Waals surface area contributed by atoms with E-state index in [2.05, 4.69) is 24.9 Å². The first kappa shape index (κ1) is 12.3. The maximum Gasteiger partial charge on any atom is 0.289 e. The van der Waals surface area contributed by atoms with Gasteiger partial charge >= 0.3 is 0 Å². The molecule has 0 aliphatic heterocycles. The van der Waals surface area contributed by atoms with Gasteiger partial charge in [0.15, 0.2) is 5.82 Å². The third-order valence-electron chi connectivity index (χ3n) is 2.99. The second-order valence-corrected chi connectivity index (χ2v) is 4.66. The van der Waals surface area contributed by atoms with Crippen LogP contribution in [0, 0.1) is 6.92 Å². The van der Waals surface area contributed by atoms with Gasteiger partial charge in [0.05, 0.1) is 0 Å². The number of H-pyrrole nitrogens is 1. The van der Waals surface area contributed by atoms with Crippen LogP contribution in [-0.2, 0) is 6.54 Å². The second-order valence-electron chi connectivity index (χ2n) is 4.66. The minimum Gasteiger partial charge on any atom is -0.338 e. The van der Waals surface area contributed by atoms with Crippen molar-refractivity contribution < 1.29 is 9.42 Å². The number of amides is 1. The highest BCUT2D eigenvalue weighted by Crippen LogP contribution is 2.13. The molecule has 0 aliphatic carbocycles. The van der Waals surface area contributed by atoms with Gasteiger partial charge in [0.1, 0.15) is 11.0 Å². The summed E-state index contributed by atoms with van der Waals surface area (Å²) in [7, 11) is 1.73. The minimum atomic E-state index is -0.156. The average Bonchev–Trinajstić information content (AvgIpc) is 3.05. The van der Waals surface area contributed by atoms with Crippen molar-refractivity contribution in [1.82, 2.24) is 25.2 Å². The van der Waals surface area contributed by atoms with Crippen LogP contribution in [0.25, 0.3) is 11.0 Å². The third kappa shape index (κ3) is 2.25. The monoisotopic (exact) mass is 271 g/mol. The van der Waals surface area contributed by atoms with Gasteiger partial charge in [0, 0.05) is 25.5 Å². The van der Waals surface area contributed by atoms with E-state index < -0.39 is 0 Å². The molecule has 0 radical (unpaired) electrons.